The van der Waals surface area contributed by atoms with E-state index in [2.05, 4.69) is 5.32 Å². The molecule has 0 bridgehead atoms. The lowest BCUT2D eigenvalue weighted by atomic mass is 9.97. The van der Waals surface area contributed by atoms with Crippen molar-refractivity contribution in [1.29, 1.82) is 0 Å². The van der Waals surface area contributed by atoms with E-state index in [0.29, 0.717) is 43.1 Å². The van der Waals surface area contributed by atoms with Crippen LogP contribution in [0.25, 0.3) is 0 Å². The van der Waals surface area contributed by atoms with E-state index in [9.17, 15) is 14.4 Å². The minimum Gasteiger partial charge on any atom is -0.352 e. The molecular weight excluding hydrogens is 378 g/mol. The number of halogens is 1. The molecule has 7 heteroatoms. The molecule has 0 unspecified atom stereocenters. The van der Waals surface area contributed by atoms with Gasteiger partial charge < -0.3 is 15.1 Å². The molecule has 2 heterocycles. The van der Waals surface area contributed by atoms with Gasteiger partial charge in [0.2, 0.25) is 11.8 Å². The zero-order chi connectivity index (χ0) is 19.9. The fourth-order valence-electron chi connectivity index (χ4n) is 3.96. The maximum atomic E-state index is 12.5. The van der Waals surface area contributed by atoms with Gasteiger partial charge in [0, 0.05) is 45.6 Å². The van der Waals surface area contributed by atoms with Crippen molar-refractivity contribution in [2.75, 3.05) is 32.7 Å². The second-order valence-corrected chi connectivity index (χ2v) is 8.03. The SMILES string of the molecule is O=C(NC[C@H]1CCCN(C(=O)CCCN2CCCC2=O)C1)c1ccccc1Cl. The minimum absolute atomic E-state index is 0.147. The van der Waals surface area contributed by atoms with Gasteiger partial charge in [-0.1, -0.05) is 23.7 Å². The first kappa shape index (κ1) is 20.6. The second kappa shape index (κ2) is 9.92. The van der Waals surface area contributed by atoms with Gasteiger partial charge in [-0.05, 0) is 43.7 Å². The Bertz CT molecular complexity index is 725. The Hall–Kier alpha value is -2.08. The van der Waals surface area contributed by atoms with Crippen LogP contribution in [-0.2, 0) is 9.59 Å². The van der Waals surface area contributed by atoms with E-state index < -0.39 is 0 Å². The van der Waals surface area contributed by atoms with Crippen LogP contribution in [0.5, 0.6) is 0 Å². The van der Waals surface area contributed by atoms with Gasteiger partial charge in [-0.3, -0.25) is 14.4 Å². The van der Waals surface area contributed by atoms with E-state index in [-0.39, 0.29) is 23.6 Å². The smallest absolute Gasteiger partial charge is 0.252 e. The molecule has 0 aliphatic carbocycles. The van der Waals surface area contributed by atoms with E-state index in [1.54, 1.807) is 24.3 Å². The fraction of sp³-hybridized carbons (Fsp3) is 0.571. The van der Waals surface area contributed by atoms with Crippen LogP contribution in [0, 0.1) is 5.92 Å². The van der Waals surface area contributed by atoms with Gasteiger partial charge in [0.1, 0.15) is 0 Å². The predicted octanol–water partition coefficient (Wildman–Crippen LogP) is 2.71. The Balaban J connectivity index is 1.40. The molecule has 0 spiro atoms. The monoisotopic (exact) mass is 405 g/mol. The molecule has 0 radical (unpaired) electrons. The predicted molar refractivity (Wildman–Crippen MR) is 108 cm³/mol. The Kier molecular flexibility index (Phi) is 7.31. The van der Waals surface area contributed by atoms with Crippen LogP contribution in [0.1, 0.15) is 48.9 Å². The summed E-state index contributed by atoms with van der Waals surface area (Å²) in [7, 11) is 0. The van der Waals surface area contributed by atoms with Crippen molar-refractivity contribution < 1.29 is 14.4 Å². The third kappa shape index (κ3) is 5.47. The van der Waals surface area contributed by atoms with Gasteiger partial charge >= 0.3 is 0 Å². The number of hydrogen-bond acceptors (Lipinski definition) is 3. The number of benzene rings is 1. The molecule has 0 aromatic heterocycles. The van der Waals surface area contributed by atoms with Gasteiger partial charge in [0.15, 0.2) is 0 Å². The molecule has 1 N–H and O–H groups in total. The highest BCUT2D eigenvalue weighted by molar-refractivity contribution is 6.33. The summed E-state index contributed by atoms with van der Waals surface area (Å²) in [5.74, 6) is 0.433. The van der Waals surface area contributed by atoms with Crippen molar-refractivity contribution in [1.82, 2.24) is 15.1 Å². The van der Waals surface area contributed by atoms with Gasteiger partial charge in [-0.25, -0.2) is 0 Å². The average molecular weight is 406 g/mol. The minimum atomic E-state index is -0.177. The topological polar surface area (TPSA) is 69.7 Å². The van der Waals surface area contributed by atoms with Crippen molar-refractivity contribution in [2.24, 2.45) is 5.92 Å². The summed E-state index contributed by atoms with van der Waals surface area (Å²) in [5, 5.41) is 3.39. The second-order valence-electron chi connectivity index (χ2n) is 7.63. The molecule has 1 aromatic rings. The van der Waals surface area contributed by atoms with E-state index in [1.165, 1.54) is 0 Å². The molecule has 152 valence electrons. The van der Waals surface area contributed by atoms with Crippen LogP contribution < -0.4 is 5.32 Å². The largest absolute Gasteiger partial charge is 0.352 e. The molecule has 2 fully saturated rings. The van der Waals surface area contributed by atoms with Crippen LogP contribution in [-0.4, -0.2) is 60.2 Å². The third-order valence-corrected chi connectivity index (χ3v) is 5.86. The number of hydrogen-bond donors (Lipinski definition) is 1. The highest BCUT2D eigenvalue weighted by Crippen LogP contribution is 2.19. The van der Waals surface area contributed by atoms with Crippen molar-refractivity contribution in [3.8, 4) is 0 Å². The summed E-state index contributed by atoms with van der Waals surface area (Å²) < 4.78 is 0. The first-order valence-electron chi connectivity index (χ1n) is 10.1. The number of amides is 3. The van der Waals surface area contributed by atoms with Crippen molar-refractivity contribution in [3.63, 3.8) is 0 Å². The Morgan fingerprint density at radius 1 is 1.18 bits per heavy atom. The molecule has 3 rings (SSSR count). The first-order valence-corrected chi connectivity index (χ1v) is 10.5. The summed E-state index contributed by atoms with van der Waals surface area (Å²) in [6.07, 6.45) is 4.71. The quantitative estimate of drug-likeness (QED) is 0.758. The number of nitrogens with one attached hydrogen (secondary N) is 1. The first-order chi connectivity index (χ1) is 13.5. The number of nitrogens with zero attached hydrogens (tertiary/aromatic N) is 2. The van der Waals surface area contributed by atoms with E-state index in [0.717, 1.165) is 38.8 Å². The highest BCUT2D eigenvalue weighted by atomic mass is 35.5. The van der Waals surface area contributed by atoms with Crippen LogP contribution in [0.3, 0.4) is 0 Å². The van der Waals surface area contributed by atoms with Crippen LogP contribution in [0.2, 0.25) is 5.02 Å². The number of rotatable bonds is 7. The summed E-state index contributed by atoms with van der Waals surface area (Å²) in [4.78, 5) is 40.2. The summed E-state index contributed by atoms with van der Waals surface area (Å²) in [6, 6.07) is 6.99. The van der Waals surface area contributed by atoms with Gasteiger partial charge in [-0.2, -0.15) is 0 Å². The van der Waals surface area contributed by atoms with E-state index >= 15 is 0 Å². The molecule has 0 saturated carbocycles. The number of piperidine rings is 1. The molecule has 6 nitrogen and oxygen atoms in total. The van der Waals surface area contributed by atoms with E-state index in [4.69, 9.17) is 11.6 Å². The molecule has 2 aliphatic rings. The summed E-state index contributed by atoms with van der Waals surface area (Å²) in [5.41, 5.74) is 0.476. The number of carbonyl (C=O) groups excluding carboxylic acids is 3. The van der Waals surface area contributed by atoms with Crippen LogP contribution in [0.4, 0.5) is 0 Å². The Labute approximate surface area is 171 Å². The van der Waals surface area contributed by atoms with Gasteiger partial charge in [0.25, 0.3) is 5.91 Å². The molecule has 2 saturated heterocycles. The lowest BCUT2D eigenvalue weighted by Crippen LogP contribution is -2.43. The lowest BCUT2D eigenvalue weighted by molar-refractivity contribution is -0.134. The van der Waals surface area contributed by atoms with Crippen molar-refractivity contribution in [3.05, 3.63) is 34.9 Å². The zero-order valence-electron chi connectivity index (χ0n) is 16.2. The molecule has 1 atom stereocenters. The standard InChI is InChI=1S/C21H28ClN3O3/c22-18-8-2-1-7-17(18)21(28)23-14-16-6-3-13-25(15-16)20(27)10-5-12-24-11-4-9-19(24)26/h1-2,7-8,16H,3-6,9-15H2,(H,23,28)/t16-/m1/s1. The number of likely N-dealkylation sites (tertiary alicyclic amines) is 2. The summed E-state index contributed by atoms with van der Waals surface area (Å²) in [6.45, 7) is 3.48. The normalized spacial score (nSPS) is 19.8. The molecule has 1 aromatic carbocycles. The molecule has 2 aliphatic heterocycles. The maximum absolute atomic E-state index is 12.5. The maximum Gasteiger partial charge on any atom is 0.252 e. The number of carbonyl (C=O) groups is 3. The lowest BCUT2D eigenvalue weighted by Gasteiger charge is -2.33. The fourth-order valence-corrected chi connectivity index (χ4v) is 4.18. The molecular formula is C21H28ClN3O3. The Morgan fingerprint density at radius 3 is 2.75 bits per heavy atom. The average Bonchev–Trinajstić information content (AvgIpc) is 3.11. The van der Waals surface area contributed by atoms with Crippen molar-refractivity contribution in [2.45, 2.75) is 38.5 Å². The molecule has 28 heavy (non-hydrogen) atoms. The van der Waals surface area contributed by atoms with Crippen LogP contribution in [0.15, 0.2) is 24.3 Å². The van der Waals surface area contributed by atoms with Gasteiger partial charge in [-0.15, -0.1) is 0 Å². The highest BCUT2D eigenvalue weighted by Gasteiger charge is 2.25. The van der Waals surface area contributed by atoms with Crippen molar-refractivity contribution >= 4 is 29.3 Å². The third-order valence-electron chi connectivity index (χ3n) is 5.53. The van der Waals surface area contributed by atoms with Gasteiger partial charge in [0.05, 0.1) is 10.6 Å². The summed E-state index contributed by atoms with van der Waals surface area (Å²) >= 11 is 6.07. The molecule has 3 amide bonds. The zero-order valence-corrected chi connectivity index (χ0v) is 16.9. The Morgan fingerprint density at radius 2 is 2.00 bits per heavy atom. The van der Waals surface area contributed by atoms with E-state index in [1.807, 2.05) is 9.80 Å². The van der Waals surface area contributed by atoms with Crippen LogP contribution >= 0.6 is 11.6 Å².